The van der Waals surface area contributed by atoms with Crippen LogP contribution in [0.5, 0.6) is 11.5 Å². The van der Waals surface area contributed by atoms with Crippen molar-refractivity contribution in [1.82, 2.24) is 0 Å². The van der Waals surface area contributed by atoms with Crippen molar-refractivity contribution in [3.8, 4) is 17.6 Å². The molecule has 3 rings (SSSR count). The molecule has 5 nitrogen and oxygen atoms in total. The first-order chi connectivity index (χ1) is 11.7. The highest BCUT2D eigenvalue weighted by molar-refractivity contribution is 6.07. The predicted molar refractivity (Wildman–Crippen MR) is 90.7 cm³/mol. The summed E-state index contributed by atoms with van der Waals surface area (Å²) in [5.74, 6) is 1.26. The highest BCUT2D eigenvalue weighted by Gasteiger charge is 2.27. The number of hydrogen-bond acceptors (Lipinski definition) is 4. The van der Waals surface area contributed by atoms with Crippen LogP contribution >= 0.6 is 0 Å². The molecule has 2 aromatic rings. The van der Waals surface area contributed by atoms with Crippen molar-refractivity contribution in [2.75, 3.05) is 25.7 Å². The lowest BCUT2D eigenvalue weighted by molar-refractivity contribution is 0.0985. The first kappa shape index (κ1) is 15.9. The number of rotatable bonds is 3. The van der Waals surface area contributed by atoms with Gasteiger partial charge in [-0.1, -0.05) is 6.07 Å². The number of benzene rings is 2. The average molecular weight is 322 g/mol. The number of amides is 1. The van der Waals surface area contributed by atoms with Crippen molar-refractivity contribution in [2.24, 2.45) is 0 Å². The number of fused-ring (bicyclic) bond motifs is 1. The number of carbonyl (C=O) groups is 1. The van der Waals surface area contributed by atoms with Crippen molar-refractivity contribution in [2.45, 2.75) is 12.8 Å². The van der Waals surface area contributed by atoms with Gasteiger partial charge in [0.1, 0.15) is 11.5 Å². The van der Waals surface area contributed by atoms with Gasteiger partial charge in [-0.15, -0.1) is 0 Å². The number of carbonyl (C=O) groups excluding carboxylic acids is 1. The van der Waals surface area contributed by atoms with Gasteiger partial charge in [0.15, 0.2) is 0 Å². The number of nitriles is 1. The van der Waals surface area contributed by atoms with E-state index in [4.69, 9.17) is 14.7 Å². The lowest BCUT2D eigenvalue weighted by Crippen LogP contribution is -2.35. The number of hydrogen-bond donors (Lipinski definition) is 0. The van der Waals surface area contributed by atoms with Crippen LogP contribution in [0.3, 0.4) is 0 Å². The topological polar surface area (TPSA) is 62.6 Å². The van der Waals surface area contributed by atoms with Crippen molar-refractivity contribution in [1.29, 1.82) is 5.26 Å². The maximum atomic E-state index is 13.0. The van der Waals surface area contributed by atoms with Crippen molar-refractivity contribution in [3.05, 3.63) is 53.1 Å². The SMILES string of the molecule is COc1cc(OC)c2c(c1)N(C(=O)c1cccc(C#N)c1)CCC2. The molecule has 1 amide bonds. The molecule has 0 N–H and O–H groups in total. The van der Waals surface area contributed by atoms with E-state index >= 15 is 0 Å². The minimum absolute atomic E-state index is 0.122. The minimum atomic E-state index is -0.122. The fourth-order valence-corrected chi connectivity index (χ4v) is 3.02. The molecule has 5 heteroatoms. The maximum absolute atomic E-state index is 13.0. The van der Waals surface area contributed by atoms with Crippen LogP contribution in [0.15, 0.2) is 36.4 Å². The van der Waals surface area contributed by atoms with Gasteiger partial charge in [0.2, 0.25) is 0 Å². The van der Waals surface area contributed by atoms with E-state index in [-0.39, 0.29) is 5.91 Å². The standard InChI is InChI=1S/C19H18N2O3/c1-23-15-10-17-16(18(11-15)24-2)7-4-8-21(17)19(22)14-6-3-5-13(9-14)12-20/h3,5-6,9-11H,4,7-8H2,1-2H3. The van der Waals surface area contributed by atoms with Gasteiger partial charge < -0.3 is 14.4 Å². The van der Waals surface area contributed by atoms with E-state index in [2.05, 4.69) is 6.07 Å². The van der Waals surface area contributed by atoms with Gasteiger partial charge in [-0.05, 0) is 31.0 Å². The van der Waals surface area contributed by atoms with E-state index in [9.17, 15) is 4.79 Å². The molecule has 1 aliphatic heterocycles. The van der Waals surface area contributed by atoms with E-state index in [0.29, 0.717) is 23.4 Å². The Hall–Kier alpha value is -3.00. The van der Waals surface area contributed by atoms with Crippen LogP contribution in [0.1, 0.15) is 27.9 Å². The van der Waals surface area contributed by atoms with Gasteiger partial charge in [0.25, 0.3) is 5.91 Å². The zero-order valence-electron chi connectivity index (χ0n) is 13.7. The van der Waals surface area contributed by atoms with Gasteiger partial charge in [-0.2, -0.15) is 5.26 Å². The Kier molecular flexibility index (Phi) is 4.39. The predicted octanol–water partition coefficient (Wildman–Crippen LogP) is 3.17. The summed E-state index contributed by atoms with van der Waals surface area (Å²) >= 11 is 0. The molecule has 0 unspecified atom stereocenters. The lowest BCUT2D eigenvalue weighted by atomic mass is 9.99. The summed E-state index contributed by atoms with van der Waals surface area (Å²) in [6, 6.07) is 12.5. The van der Waals surface area contributed by atoms with Crippen LogP contribution in [0.2, 0.25) is 0 Å². The molecule has 24 heavy (non-hydrogen) atoms. The Labute approximate surface area is 141 Å². The Balaban J connectivity index is 2.05. The molecule has 0 saturated heterocycles. The van der Waals surface area contributed by atoms with Gasteiger partial charge in [-0.25, -0.2) is 0 Å². The molecular formula is C19H18N2O3. The first-order valence-corrected chi connectivity index (χ1v) is 7.75. The largest absolute Gasteiger partial charge is 0.497 e. The molecule has 0 fully saturated rings. The Morgan fingerprint density at radius 2 is 2.04 bits per heavy atom. The zero-order valence-corrected chi connectivity index (χ0v) is 13.7. The minimum Gasteiger partial charge on any atom is -0.497 e. The quantitative estimate of drug-likeness (QED) is 0.871. The van der Waals surface area contributed by atoms with E-state index in [1.54, 1.807) is 43.4 Å². The Morgan fingerprint density at radius 1 is 1.21 bits per heavy atom. The first-order valence-electron chi connectivity index (χ1n) is 7.75. The Bertz CT molecular complexity index is 824. The second kappa shape index (κ2) is 6.63. The van der Waals surface area contributed by atoms with E-state index in [0.717, 1.165) is 29.8 Å². The van der Waals surface area contributed by atoms with Crippen LogP contribution in [0.4, 0.5) is 5.69 Å². The van der Waals surface area contributed by atoms with Crippen LogP contribution in [0.25, 0.3) is 0 Å². The summed E-state index contributed by atoms with van der Waals surface area (Å²) in [4.78, 5) is 14.7. The smallest absolute Gasteiger partial charge is 0.258 e. The Morgan fingerprint density at radius 3 is 2.75 bits per heavy atom. The molecule has 2 aromatic carbocycles. The molecule has 122 valence electrons. The molecule has 0 radical (unpaired) electrons. The van der Waals surface area contributed by atoms with Crippen LogP contribution in [0, 0.1) is 11.3 Å². The van der Waals surface area contributed by atoms with Gasteiger partial charge >= 0.3 is 0 Å². The van der Waals surface area contributed by atoms with E-state index < -0.39 is 0 Å². The highest BCUT2D eigenvalue weighted by Crippen LogP contribution is 2.38. The van der Waals surface area contributed by atoms with Crippen molar-refractivity contribution >= 4 is 11.6 Å². The summed E-state index contributed by atoms with van der Waals surface area (Å²) in [6.07, 6.45) is 1.71. The average Bonchev–Trinajstić information content (AvgIpc) is 2.65. The monoisotopic (exact) mass is 322 g/mol. The summed E-state index contributed by atoms with van der Waals surface area (Å²) in [7, 11) is 3.21. The third-order valence-corrected chi connectivity index (χ3v) is 4.20. The second-order valence-corrected chi connectivity index (χ2v) is 5.58. The molecule has 0 bridgehead atoms. The fourth-order valence-electron chi connectivity index (χ4n) is 3.02. The lowest BCUT2D eigenvalue weighted by Gasteiger charge is -2.31. The van der Waals surface area contributed by atoms with Crippen molar-refractivity contribution in [3.63, 3.8) is 0 Å². The van der Waals surface area contributed by atoms with Crippen molar-refractivity contribution < 1.29 is 14.3 Å². The summed E-state index contributed by atoms with van der Waals surface area (Å²) in [5.41, 5.74) is 2.80. The fraction of sp³-hybridized carbons (Fsp3) is 0.263. The van der Waals surface area contributed by atoms with E-state index in [1.807, 2.05) is 12.1 Å². The molecule has 0 atom stereocenters. The molecule has 0 aliphatic carbocycles. The molecule has 0 aromatic heterocycles. The number of methoxy groups -OCH3 is 2. The molecule has 1 heterocycles. The number of ether oxygens (including phenoxy) is 2. The molecule has 1 aliphatic rings. The van der Waals surface area contributed by atoms with Crippen LogP contribution in [-0.2, 0) is 6.42 Å². The van der Waals surface area contributed by atoms with E-state index in [1.165, 1.54) is 0 Å². The summed E-state index contributed by atoms with van der Waals surface area (Å²) in [5, 5.41) is 9.04. The van der Waals surface area contributed by atoms with Crippen LogP contribution in [-0.4, -0.2) is 26.7 Å². The van der Waals surface area contributed by atoms with Crippen LogP contribution < -0.4 is 14.4 Å². The normalized spacial score (nSPS) is 13.0. The van der Waals surface area contributed by atoms with Gasteiger partial charge in [-0.3, -0.25) is 4.79 Å². The second-order valence-electron chi connectivity index (χ2n) is 5.58. The number of anilines is 1. The highest BCUT2D eigenvalue weighted by atomic mass is 16.5. The molecule has 0 spiro atoms. The maximum Gasteiger partial charge on any atom is 0.258 e. The third-order valence-electron chi connectivity index (χ3n) is 4.20. The van der Waals surface area contributed by atoms with Gasteiger partial charge in [0.05, 0.1) is 31.5 Å². The zero-order chi connectivity index (χ0) is 17.1. The summed E-state index contributed by atoms with van der Waals surface area (Å²) in [6.45, 7) is 0.624. The number of nitrogens with zero attached hydrogens (tertiary/aromatic N) is 2. The molecule has 0 saturated carbocycles. The molecular weight excluding hydrogens is 304 g/mol. The van der Waals surface area contributed by atoms with Gasteiger partial charge in [0, 0.05) is 29.8 Å². The third kappa shape index (κ3) is 2.79. The summed E-state index contributed by atoms with van der Waals surface area (Å²) < 4.78 is 10.8.